The molecule has 1 heterocycles. The molecule has 4 nitrogen and oxygen atoms in total. The number of carbonyl (C=O) groups excluding carboxylic acids is 1. The van der Waals surface area contributed by atoms with Crippen LogP contribution in [0, 0.1) is 13.8 Å². The molecule has 1 aliphatic heterocycles. The number of benzene rings is 2. The molecule has 0 aliphatic carbocycles. The molecule has 0 unspecified atom stereocenters. The van der Waals surface area contributed by atoms with Gasteiger partial charge in [-0.25, -0.2) is 0 Å². The second-order valence-electron chi connectivity index (χ2n) is 7.27. The summed E-state index contributed by atoms with van der Waals surface area (Å²) in [7, 11) is 0. The van der Waals surface area contributed by atoms with Gasteiger partial charge in [-0.1, -0.05) is 36.4 Å². The fraction of sp³-hybridized carbons (Fsp3) is 0.409. The van der Waals surface area contributed by atoms with E-state index in [1.54, 1.807) is 0 Å². The molecule has 0 bridgehead atoms. The molecule has 1 atom stereocenters. The number of anilines is 1. The van der Waals surface area contributed by atoms with Gasteiger partial charge in [0.05, 0.1) is 6.04 Å². The Morgan fingerprint density at radius 2 is 1.77 bits per heavy atom. The summed E-state index contributed by atoms with van der Waals surface area (Å²) >= 11 is 0. The van der Waals surface area contributed by atoms with Gasteiger partial charge in [0, 0.05) is 38.4 Å². The molecule has 0 spiro atoms. The maximum Gasteiger partial charge on any atom is 0.241 e. The lowest BCUT2D eigenvalue weighted by molar-refractivity contribution is -0.121. The van der Waals surface area contributed by atoms with Crippen LogP contribution in [0.3, 0.4) is 0 Å². The van der Waals surface area contributed by atoms with Gasteiger partial charge in [-0.05, 0) is 49.6 Å². The van der Waals surface area contributed by atoms with Crippen LogP contribution in [0.2, 0.25) is 0 Å². The molecule has 26 heavy (non-hydrogen) atoms. The first kappa shape index (κ1) is 18.6. The Balaban J connectivity index is 1.50. The number of piperazine rings is 1. The molecule has 1 saturated heterocycles. The van der Waals surface area contributed by atoms with Crippen molar-refractivity contribution < 1.29 is 4.79 Å². The van der Waals surface area contributed by atoms with Crippen LogP contribution in [-0.4, -0.2) is 47.9 Å². The predicted molar refractivity (Wildman–Crippen MR) is 107 cm³/mol. The fourth-order valence-corrected chi connectivity index (χ4v) is 3.47. The molecule has 1 fully saturated rings. The summed E-state index contributed by atoms with van der Waals surface area (Å²) in [6, 6.07) is 16.4. The van der Waals surface area contributed by atoms with Crippen molar-refractivity contribution in [3.8, 4) is 0 Å². The first-order valence-electron chi connectivity index (χ1n) is 9.41. The van der Waals surface area contributed by atoms with E-state index in [-0.39, 0.29) is 11.9 Å². The first-order valence-corrected chi connectivity index (χ1v) is 9.41. The largest absolute Gasteiger partial charge is 0.325 e. The maximum absolute atomic E-state index is 12.6. The van der Waals surface area contributed by atoms with E-state index in [0.717, 1.165) is 44.0 Å². The second-order valence-corrected chi connectivity index (χ2v) is 7.27. The molecule has 2 aromatic carbocycles. The van der Waals surface area contributed by atoms with Gasteiger partial charge in [0.1, 0.15) is 0 Å². The minimum Gasteiger partial charge on any atom is -0.325 e. The van der Waals surface area contributed by atoms with Crippen LogP contribution in [-0.2, 0) is 11.3 Å². The number of rotatable bonds is 5. The Morgan fingerprint density at radius 3 is 2.46 bits per heavy atom. The zero-order chi connectivity index (χ0) is 18.5. The molecule has 4 heteroatoms. The molecular formula is C22H29N3O. The van der Waals surface area contributed by atoms with E-state index in [9.17, 15) is 4.79 Å². The lowest BCUT2D eigenvalue weighted by Crippen LogP contribution is -2.52. The van der Waals surface area contributed by atoms with Gasteiger partial charge in [0.2, 0.25) is 5.91 Å². The van der Waals surface area contributed by atoms with Crippen molar-refractivity contribution in [3.63, 3.8) is 0 Å². The summed E-state index contributed by atoms with van der Waals surface area (Å²) in [4.78, 5) is 17.3. The molecule has 2 aromatic rings. The van der Waals surface area contributed by atoms with Gasteiger partial charge >= 0.3 is 0 Å². The Morgan fingerprint density at radius 1 is 1.04 bits per heavy atom. The van der Waals surface area contributed by atoms with E-state index in [0.29, 0.717) is 0 Å². The number of nitrogens with one attached hydrogen (secondary N) is 1. The van der Waals surface area contributed by atoms with E-state index in [2.05, 4.69) is 46.3 Å². The number of carbonyl (C=O) groups is 1. The third kappa shape index (κ3) is 4.71. The zero-order valence-corrected chi connectivity index (χ0v) is 16.0. The molecule has 0 saturated carbocycles. The highest BCUT2D eigenvalue weighted by molar-refractivity contribution is 5.94. The van der Waals surface area contributed by atoms with Crippen LogP contribution in [0.5, 0.6) is 0 Å². The van der Waals surface area contributed by atoms with Crippen molar-refractivity contribution in [3.05, 3.63) is 65.2 Å². The Hall–Kier alpha value is -2.17. The lowest BCUT2D eigenvalue weighted by Gasteiger charge is -2.37. The van der Waals surface area contributed by atoms with E-state index >= 15 is 0 Å². The summed E-state index contributed by atoms with van der Waals surface area (Å²) < 4.78 is 0. The molecule has 0 radical (unpaired) electrons. The molecule has 0 aromatic heterocycles. The maximum atomic E-state index is 12.6. The number of aryl methyl sites for hydroxylation is 2. The summed E-state index contributed by atoms with van der Waals surface area (Å²) in [6.45, 7) is 11.0. The topological polar surface area (TPSA) is 35.6 Å². The molecule has 1 N–H and O–H groups in total. The molecule has 3 rings (SSSR count). The monoisotopic (exact) mass is 351 g/mol. The van der Waals surface area contributed by atoms with Gasteiger partial charge in [-0.15, -0.1) is 0 Å². The minimum atomic E-state index is -0.115. The SMILES string of the molecule is Cc1cccc(NC(=O)[C@@H](C)N2CCN(Cc3ccccc3C)CC2)c1. The van der Waals surface area contributed by atoms with Crippen LogP contribution >= 0.6 is 0 Å². The van der Waals surface area contributed by atoms with Crippen molar-refractivity contribution in [2.45, 2.75) is 33.4 Å². The molecular weight excluding hydrogens is 322 g/mol. The van der Waals surface area contributed by atoms with Crippen molar-refractivity contribution >= 4 is 11.6 Å². The Labute approximate surface area is 156 Å². The van der Waals surface area contributed by atoms with E-state index in [1.807, 2.05) is 38.1 Å². The van der Waals surface area contributed by atoms with E-state index < -0.39 is 0 Å². The van der Waals surface area contributed by atoms with E-state index in [1.165, 1.54) is 11.1 Å². The standard InChI is InChI=1S/C22H29N3O/c1-17-7-6-10-21(15-17)23-22(26)19(3)25-13-11-24(12-14-25)16-20-9-5-4-8-18(20)2/h4-10,15,19H,11-14,16H2,1-3H3,(H,23,26)/t19-/m1/s1. The quantitative estimate of drug-likeness (QED) is 0.896. The number of hydrogen-bond acceptors (Lipinski definition) is 3. The normalized spacial score (nSPS) is 17.0. The summed E-state index contributed by atoms with van der Waals surface area (Å²) in [6.07, 6.45) is 0. The lowest BCUT2D eigenvalue weighted by atomic mass is 10.1. The predicted octanol–water partition coefficient (Wildman–Crippen LogP) is 3.45. The molecule has 1 aliphatic rings. The Kier molecular flexibility index (Phi) is 6.07. The summed E-state index contributed by atoms with van der Waals surface area (Å²) in [5, 5.41) is 3.04. The van der Waals surface area contributed by atoms with Gasteiger partial charge in [0.15, 0.2) is 0 Å². The van der Waals surface area contributed by atoms with Crippen molar-refractivity contribution in [2.24, 2.45) is 0 Å². The molecule has 1 amide bonds. The van der Waals surface area contributed by atoms with Crippen molar-refractivity contribution in [1.82, 2.24) is 9.80 Å². The van der Waals surface area contributed by atoms with Crippen molar-refractivity contribution in [2.75, 3.05) is 31.5 Å². The minimum absolute atomic E-state index is 0.0722. The van der Waals surface area contributed by atoms with Crippen molar-refractivity contribution in [1.29, 1.82) is 0 Å². The third-order valence-corrected chi connectivity index (χ3v) is 5.27. The smallest absolute Gasteiger partial charge is 0.241 e. The van der Waals surface area contributed by atoms with Crippen LogP contribution in [0.1, 0.15) is 23.6 Å². The average Bonchev–Trinajstić information content (AvgIpc) is 2.64. The average molecular weight is 351 g/mol. The van der Waals surface area contributed by atoms with Crippen LogP contribution < -0.4 is 5.32 Å². The Bertz CT molecular complexity index is 751. The molecule has 138 valence electrons. The van der Waals surface area contributed by atoms with Gasteiger partial charge < -0.3 is 5.32 Å². The van der Waals surface area contributed by atoms with Crippen LogP contribution in [0.4, 0.5) is 5.69 Å². The van der Waals surface area contributed by atoms with Gasteiger partial charge in [0.25, 0.3) is 0 Å². The van der Waals surface area contributed by atoms with Crippen LogP contribution in [0.15, 0.2) is 48.5 Å². The first-order chi connectivity index (χ1) is 12.5. The van der Waals surface area contributed by atoms with Gasteiger partial charge in [-0.2, -0.15) is 0 Å². The fourth-order valence-electron chi connectivity index (χ4n) is 3.47. The van der Waals surface area contributed by atoms with E-state index in [4.69, 9.17) is 0 Å². The highest BCUT2D eigenvalue weighted by Crippen LogP contribution is 2.15. The summed E-state index contributed by atoms with van der Waals surface area (Å²) in [5.41, 5.74) is 4.77. The zero-order valence-electron chi connectivity index (χ0n) is 16.0. The number of amides is 1. The van der Waals surface area contributed by atoms with Crippen LogP contribution in [0.25, 0.3) is 0 Å². The second kappa shape index (κ2) is 8.47. The number of hydrogen-bond donors (Lipinski definition) is 1. The third-order valence-electron chi connectivity index (χ3n) is 5.27. The number of nitrogens with zero attached hydrogens (tertiary/aromatic N) is 2. The highest BCUT2D eigenvalue weighted by Gasteiger charge is 2.25. The highest BCUT2D eigenvalue weighted by atomic mass is 16.2. The summed E-state index contributed by atoms with van der Waals surface area (Å²) in [5.74, 6) is 0.0722. The van der Waals surface area contributed by atoms with Gasteiger partial charge in [-0.3, -0.25) is 14.6 Å².